The van der Waals surface area contributed by atoms with Crippen molar-refractivity contribution in [2.45, 2.75) is 38.4 Å². The summed E-state index contributed by atoms with van der Waals surface area (Å²) in [7, 11) is 0. The van der Waals surface area contributed by atoms with Crippen LogP contribution < -0.4 is 5.32 Å². The highest BCUT2D eigenvalue weighted by Gasteiger charge is 2.30. The van der Waals surface area contributed by atoms with Gasteiger partial charge >= 0.3 is 0 Å². The van der Waals surface area contributed by atoms with Crippen LogP contribution in [0, 0.1) is 5.41 Å². The highest BCUT2D eigenvalue weighted by atomic mass is 32.2. The van der Waals surface area contributed by atoms with Gasteiger partial charge in [-0.3, -0.25) is 4.79 Å². The minimum atomic E-state index is -0.186. The first-order valence-electron chi connectivity index (χ1n) is 7.73. The van der Waals surface area contributed by atoms with Crippen molar-refractivity contribution >= 4 is 17.7 Å². The summed E-state index contributed by atoms with van der Waals surface area (Å²) in [5, 5.41) is 12.6. The molecular formula is C17H25NO2S. The van der Waals surface area contributed by atoms with E-state index in [1.54, 1.807) is 11.8 Å². The molecule has 0 fully saturated rings. The second-order valence-electron chi connectivity index (χ2n) is 5.78. The molecule has 0 saturated carbocycles. The Morgan fingerprint density at radius 1 is 1.38 bits per heavy atom. The van der Waals surface area contributed by atoms with Crippen LogP contribution in [0.1, 0.15) is 43.1 Å². The lowest BCUT2D eigenvalue weighted by Crippen LogP contribution is -2.41. The fraction of sp³-hybridized carbons (Fsp3) is 0.588. The highest BCUT2D eigenvalue weighted by Crippen LogP contribution is 2.37. The number of amides is 1. The van der Waals surface area contributed by atoms with E-state index in [0.717, 1.165) is 30.6 Å². The highest BCUT2D eigenvalue weighted by molar-refractivity contribution is 8.00. The molecule has 1 aromatic rings. The minimum Gasteiger partial charge on any atom is -0.396 e. The van der Waals surface area contributed by atoms with E-state index < -0.39 is 0 Å². The molecule has 116 valence electrons. The number of carbonyl (C=O) groups excluding carboxylic acids is 1. The third kappa shape index (κ3) is 3.61. The lowest BCUT2D eigenvalue weighted by molar-refractivity contribution is -0.121. The molecule has 1 aromatic carbocycles. The molecule has 0 aliphatic carbocycles. The van der Waals surface area contributed by atoms with E-state index in [-0.39, 0.29) is 23.2 Å². The standard InChI is InChI=1S/C17H25NO2S/c1-3-17(4-2,12-19)11-18-16(20)15-14-8-6-5-7-13(14)9-10-21-15/h5-8,15,19H,3-4,9-12H2,1-2H3,(H,18,20). The van der Waals surface area contributed by atoms with Crippen LogP contribution in [-0.4, -0.2) is 29.9 Å². The largest absolute Gasteiger partial charge is 0.396 e. The third-order valence-corrected chi connectivity index (χ3v) is 5.95. The van der Waals surface area contributed by atoms with Gasteiger partial charge in [0.2, 0.25) is 5.91 Å². The Hall–Kier alpha value is -1.00. The zero-order chi connectivity index (χ0) is 15.3. The quantitative estimate of drug-likeness (QED) is 0.849. The first-order chi connectivity index (χ1) is 10.2. The normalized spacial score (nSPS) is 18.1. The molecule has 4 heteroatoms. The van der Waals surface area contributed by atoms with Gasteiger partial charge in [-0.2, -0.15) is 0 Å². The lowest BCUT2D eigenvalue weighted by Gasteiger charge is -2.31. The van der Waals surface area contributed by atoms with Crippen molar-refractivity contribution in [2.24, 2.45) is 5.41 Å². The number of thioether (sulfide) groups is 1. The van der Waals surface area contributed by atoms with Crippen molar-refractivity contribution in [1.29, 1.82) is 0 Å². The number of benzene rings is 1. The van der Waals surface area contributed by atoms with E-state index in [4.69, 9.17) is 0 Å². The number of rotatable bonds is 6. The Morgan fingerprint density at radius 3 is 2.76 bits per heavy atom. The number of hydrogen-bond donors (Lipinski definition) is 2. The average Bonchev–Trinajstić information content (AvgIpc) is 2.56. The number of nitrogens with one attached hydrogen (secondary N) is 1. The molecule has 0 radical (unpaired) electrons. The fourth-order valence-corrected chi connectivity index (χ4v) is 3.98. The first kappa shape index (κ1) is 16.4. The van der Waals surface area contributed by atoms with Gasteiger partial charge in [-0.25, -0.2) is 0 Å². The van der Waals surface area contributed by atoms with Gasteiger partial charge in [0, 0.05) is 12.0 Å². The zero-order valence-electron chi connectivity index (χ0n) is 12.9. The lowest BCUT2D eigenvalue weighted by atomic mass is 9.83. The van der Waals surface area contributed by atoms with Gasteiger partial charge in [0.25, 0.3) is 0 Å². The van der Waals surface area contributed by atoms with Crippen molar-refractivity contribution in [3.63, 3.8) is 0 Å². The Labute approximate surface area is 131 Å². The summed E-state index contributed by atoms with van der Waals surface area (Å²) in [5.41, 5.74) is 2.25. The molecule has 3 nitrogen and oxygen atoms in total. The number of aryl methyl sites for hydroxylation is 1. The molecule has 0 saturated heterocycles. The summed E-state index contributed by atoms with van der Waals surface area (Å²) < 4.78 is 0. The number of carbonyl (C=O) groups is 1. The maximum atomic E-state index is 12.5. The molecule has 2 rings (SSSR count). The van der Waals surface area contributed by atoms with Crippen molar-refractivity contribution < 1.29 is 9.90 Å². The Kier molecular flexibility index (Phi) is 5.71. The van der Waals surface area contributed by atoms with Gasteiger partial charge in [0.1, 0.15) is 5.25 Å². The maximum absolute atomic E-state index is 12.5. The number of hydrogen-bond acceptors (Lipinski definition) is 3. The summed E-state index contributed by atoms with van der Waals surface area (Å²) in [6, 6.07) is 8.21. The predicted octanol–water partition coefficient (Wildman–Crippen LogP) is 2.93. The van der Waals surface area contributed by atoms with Gasteiger partial charge in [-0.15, -0.1) is 11.8 Å². The zero-order valence-corrected chi connectivity index (χ0v) is 13.7. The molecule has 1 aliphatic heterocycles. The minimum absolute atomic E-state index is 0.0758. The molecule has 1 unspecified atom stereocenters. The third-order valence-electron chi connectivity index (χ3n) is 4.70. The summed E-state index contributed by atoms with van der Waals surface area (Å²) in [5.74, 6) is 1.06. The van der Waals surface area contributed by atoms with Gasteiger partial charge in [-0.1, -0.05) is 38.1 Å². The van der Waals surface area contributed by atoms with E-state index in [2.05, 4.69) is 31.3 Å². The van der Waals surface area contributed by atoms with Gasteiger partial charge < -0.3 is 10.4 Å². The molecule has 21 heavy (non-hydrogen) atoms. The molecule has 1 heterocycles. The first-order valence-corrected chi connectivity index (χ1v) is 8.78. The van der Waals surface area contributed by atoms with Crippen molar-refractivity contribution in [3.8, 4) is 0 Å². The van der Waals surface area contributed by atoms with Crippen LogP contribution in [0.3, 0.4) is 0 Å². The second kappa shape index (κ2) is 7.32. The van der Waals surface area contributed by atoms with E-state index in [1.165, 1.54) is 5.56 Å². The van der Waals surface area contributed by atoms with E-state index in [9.17, 15) is 9.90 Å². The number of aliphatic hydroxyl groups is 1. The maximum Gasteiger partial charge on any atom is 0.237 e. The van der Waals surface area contributed by atoms with Gasteiger partial charge in [-0.05, 0) is 36.1 Å². The topological polar surface area (TPSA) is 49.3 Å². The Morgan fingerprint density at radius 2 is 2.10 bits per heavy atom. The smallest absolute Gasteiger partial charge is 0.237 e. The van der Waals surface area contributed by atoms with Crippen molar-refractivity contribution in [3.05, 3.63) is 35.4 Å². The summed E-state index contributed by atoms with van der Waals surface area (Å²) >= 11 is 1.71. The summed E-state index contributed by atoms with van der Waals surface area (Å²) in [6.45, 7) is 4.80. The Balaban J connectivity index is 2.05. The van der Waals surface area contributed by atoms with Crippen LogP contribution >= 0.6 is 11.8 Å². The van der Waals surface area contributed by atoms with Crippen molar-refractivity contribution in [1.82, 2.24) is 5.32 Å². The van der Waals surface area contributed by atoms with Crippen molar-refractivity contribution in [2.75, 3.05) is 18.9 Å². The van der Waals surface area contributed by atoms with E-state index in [1.807, 2.05) is 12.1 Å². The van der Waals surface area contributed by atoms with Crippen LogP contribution in [0.15, 0.2) is 24.3 Å². The van der Waals surface area contributed by atoms with Crippen LogP contribution in [0.5, 0.6) is 0 Å². The van der Waals surface area contributed by atoms with Crippen LogP contribution in [-0.2, 0) is 11.2 Å². The van der Waals surface area contributed by atoms with Gasteiger partial charge in [0.05, 0.1) is 6.61 Å². The SMILES string of the molecule is CCC(CC)(CO)CNC(=O)C1SCCc2ccccc21. The Bertz CT molecular complexity index is 477. The molecule has 2 N–H and O–H groups in total. The number of aliphatic hydroxyl groups excluding tert-OH is 1. The van der Waals surface area contributed by atoms with Crippen LogP contribution in [0.2, 0.25) is 0 Å². The predicted molar refractivity (Wildman–Crippen MR) is 88.5 cm³/mol. The fourth-order valence-electron chi connectivity index (χ4n) is 2.76. The number of fused-ring (bicyclic) bond motifs is 1. The molecule has 1 amide bonds. The second-order valence-corrected chi connectivity index (χ2v) is 7.00. The van der Waals surface area contributed by atoms with Gasteiger partial charge in [0.15, 0.2) is 0 Å². The average molecular weight is 307 g/mol. The molecule has 0 aromatic heterocycles. The summed E-state index contributed by atoms with van der Waals surface area (Å²) in [6.07, 6.45) is 2.78. The van der Waals surface area contributed by atoms with E-state index >= 15 is 0 Å². The molecule has 1 atom stereocenters. The molecule has 1 aliphatic rings. The summed E-state index contributed by atoms with van der Waals surface area (Å²) in [4.78, 5) is 12.5. The molecule has 0 bridgehead atoms. The van der Waals surface area contributed by atoms with E-state index in [0.29, 0.717) is 6.54 Å². The molecule has 0 spiro atoms. The van der Waals surface area contributed by atoms with Crippen LogP contribution in [0.25, 0.3) is 0 Å². The monoisotopic (exact) mass is 307 g/mol. The van der Waals surface area contributed by atoms with Crippen LogP contribution in [0.4, 0.5) is 0 Å². The molecular weight excluding hydrogens is 282 g/mol.